The van der Waals surface area contributed by atoms with Crippen LogP contribution in [0.4, 0.5) is 14.9 Å². The van der Waals surface area contributed by atoms with E-state index in [4.69, 9.17) is 5.11 Å². The summed E-state index contributed by atoms with van der Waals surface area (Å²) in [6.07, 6.45) is 2.12. The predicted octanol–water partition coefficient (Wildman–Crippen LogP) is 1.80. The Balaban J connectivity index is 2.59. The van der Waals surface area contributed by atoms with Gasteiger partial charge in [0.15, 0.2) is 0 Å². The number of carbonyl (C=O) groups is 2. The predicted molar refractivity (Wildman–Crippen MR) is 78.5 cm³/mol. The molecule has 0 radical (unpaired) electrons. The highest BCUT2D eigenvalue weighted by Crippen LogP contribution is 2.16. The van der Waals surface area contributed by atoms with Crippen molar-refractivity contribution in [1.82, 2.24) is 5.32 Å². The molecule has 2 amide bonds. The number of carboxylic acid groups (broad SMARTS) is 1. The molecule has 0 saturated carbocycles. The zero-order chi connectivity index (χ0) is 16.0. The zero-order valence-electron chi connectivity index (χ0n) is 11.7. The number of benzene rings is 1. The van der Waals surface area contributed by atoms with Gasteiger partial charge in [0.25, 0.3) is 0 Å². The lowest BCUT2D eigenvalue weighted by atomic mass is 10.2. The summed E-state index contributed by atoms with van der Waals surface area (Å²) in [6.45, 7) is 2.11. The smallest absolute Gasteiger partial charge is 0.337 e. The molecule has 0 aromatic heterocycles. The highest BCUT2D eigenvalue weighted by atomic mass is 32.2. The van der Waals surface area contributed by atoms with Gasteiger partial charge in [-0.15, -0.1) is 0 Å². The van der Waals surface area contributed by atoms with Crippen LogP contribution in [0.3, 0.4) is 0 Å². The average molecular weight is 316 g/mol. The van der Waals surface area contributed by atoms with E-state index in [0.29, 0.717) is 13.0 Å². The normalized spacial score (nSPS) is 13.3. The van der Waals surface area contributed by atoms with Crippen LogP contribution in [0.5, 0.6) is 0 Å². The number of anilines is 1. The van der Waals surface area contributed by atoms with Crippen molar-refractivity contribution in [3.05, 3.63) is 29.6 Å². The summed E-state index contributed by atoms with van der Waals surface area (Å²) in [4.78, 5) is 22.6. The minimum Gasteiger partial charge on any atom is -0.478 e. The van der Waals surface area contributed by atoms with Crippen LogP contribution in [0.25, 0.3) is 0 Å². The van der Waals surface area contributed by atoms with Gasteiger partial charge in [-0.1, -0.05) is 6.92 Å². The van der Waals surface area contributed by atoms with Gasteiger partial charge in [-0.25, -0.2) is 14.0 Å². The molecule has 2 atom stereocenters. The highest BCUT2D eigenvalue weighted by molar-refractivity contribution is 7.84. The van der Waals surface area contributed by atoms with E-state index in [1.54, 1.807) is 13.2 Å². The molecule has 0 aliphatic heterocycles. The largest absolute Gasteiger partial charge is 0.478 e. The molecule has 1 rings (SSSR count). The van der Waals surface area contributed by atoms with E-state index in [1.807, 2.05) is 0 Å². The Morgan fingerprint density at radius 2 is 2.10 bits per heavy atom. The lowest BCUT2D eigenvalue weighted by Gasteiger charge is -2.11. The summed E-state index contributed by atoms with van der Waals surface area (Å²) < 4.78 is 24.1. The fourth-order valence-electron chi connectivity index (χ4n) is 1.52. The minimum absolute atomic E-state index is 0.00789. The maximum Gasteiger partial charge on any atom is 0.337 e. The van der Waals surface area contributed by atoms with Gasteiger partial charge in [-0.3, -0.25) is 4.21 Å². The lowest BCUT2D eigenvalue weighted by molar-refractivity contribution is 0.0697. The molecule has 0 bridgehead atoms. The van der Waals surface area contributed by atoms with Gasteiger partial charge in [0.2, 0.25) is 0 Å². The molecule has 116 valence electrons. The second kappa shape index (κ2) is 7.72. The number of amides is 2. The molecule has 2 unspecified atom stereocenters. The molecule has 0 spiro atoms. The molecule has 0 heterocycles. The van der Waals surface area contributed by atoms with Crippen molar-refractivity contribution >= 4 is 28.5 Å². The monoisotopic (exact) mass is 316 g/mol. The average Bonchev–Trinajstić information content (AvgIpc) is 2.40. The van der Waals surface area contributed by atoms with Crippen LogP contribution >= 0.6 is 0 Å². The standard InChI is InChI=1S/C13H17FN2O4S/c1-8(21(2)20)5-6-15-13(19)16-11-4-3-9(14)7-10(11)12(17)18/h3-4,7-8H,5-6H2,1-2H3,(H,17,18)(H2,15,16,19). The maximum absolute atomic E-state index is 13.0. The van der Waals surface area contributed by atoms with Gasteiger partial charge in [-0.05, 0) is 24.6 Å². The van der Waals surface area contributed by atoms with Gasteiger partial charge in [0.1, 0.15) is 5.82 Å². The lowest BCUT2D eigenvalue weighted by Crippen LogP contribution is -2.32. The number of nitrogens with one attached hydrogen (secondary N) is 2. The Kier molecular flexibility index (Phi) is 6.29. The van der Waals surface area contributed by atoms with Crippen LogP contribution in [0.15, 0.2) is 18.2 Å². The number of halogens is 1. The second-order valence-electron chi connectivity index (χ2n) is 4.47. The van der Waals surface area contributed by atoms with Crippen molar-refractivity contribution in [2.75, 3.05) is 18.1 Å². The number of hydrogen-bond donors (Lipinski definition) is 3. The molecule has 0 fully saturated rings. The third kappa shape index (κ3) is 5.50. The summed E-state index contributed by atoms with van der Waals surface area (Å²) in [5.41, 5.74) is -0.318. The quantitative estimate of drug-likeness (QED) is 0.746. The Labute approximate surface area is 124 Å². The topological polar surface area (TPSA) is 95.5 Å². The molecule has 8 heteroatoms. The number of rotatable bonds is 6. The van der Waals surface area contributed by atoms with Crippen LogP contribution < -0.4 is 10.6 Å². The van der Waals surface area contributed by atoms with E-state index < -0.39 is 28.6 Å². The molecule has 1 aromatic rings. The van der Waals surface area contributed by atoms with Crippen molar-refractivity contribution in [1.29, 1.82) is 0 Å². The van der Waals surface area contributed by atoms with Crippen LogP contribution in [-0.4, -0.2) is 39.4 Å². The van der Waals surface area contributed by atoms with Crippen LogP contribution in [0.2, 0.25) is 0 Å². The fourth-order valence-corrected chi connectivity index (χ4v) is 1.97. The molecule has 21 heavy (non-hydrogen) atoms. The zero-order valence-corrected chi connectivity index (χ0v) is 12.5. The van der Waals surface area contributed by atoms with E-state index in [1.165, 1.54) is 6.07 Å². The molecule has 6 nitrogen and oxygen atoms in total. The number of aromatic carboxylic acids is 1. The summed E-state index contributed by atoms with van der Waals surface area (Å²) in [5.74, 6) is -2.03. The Bertz CT molecular complexity index is 565. The molecular weight excluding hydrogens is 299 g/mol. The molecule has 1 aromatic carbocycles. The van der Waals surface area contributed by atoms with Crippen molar-refractivity contribution < 1.29 is 23.3 Å². The van der Waals surface area contributed by atoms with Gasteiger partial charge in [0.05, 0.1) is 11.3 Å². The van der Waals surface area contributed by atoms with Gasteiger partial charge in [0, 0.05) is 28.9 Å². The number of carbonyl (C=O) groups excluding carboxylic acids is 1. The van der Waals surface area contributed by atoms with Gasteiger partial charge < -0.3 is 15.7 Å². The van der Waals surface area contributed by atoms with Crippen LogP contribution in [0.1, 0.15) is 23.7 Å². The van der Waals surface area contributed by atoms with Crippen LogP contribution in [0, 0.1) is 5.82 Å². The van der Waals surface area contributed by atoms with E-state index >= 15 is 0 Å². The molecule has 0 aliphatic carbocycles. The minimum atomic E-state index is -1.33. The fraction of sp³-hybridized carbons (Fsp3) is 0.385. The maximum atomic E-state index is 13.0. The Hall–Kier alpha value is -1.96. The molecule has 0 saturated heterocycles. The van der Waals surface area contributed by atoms with Crippen molar-refractivity contribution in [3.63, 3.8) is 0 Å². The number of urea groups is 1. The van der Waals surface area contributed by atoms with E-state index in [-0.39, 0.29) is 16.5 Å². The van der Waals surface area contributed by atoms with Crippen LogP contribution in [-0.2, 0) is 10.8 Å². The Morgan fingerprint density at radius 3 is 2.67 bits per heavy atom. The van der Waals surface area contributed by atoms with E-state index in [9.17, 15) is 18.2 Å². The number of hydrogen-bond acceptors (Lipinski definition) is 3. The summed E-state index contributed by atoms with van der Waals surface area (Å²) in [5, 5.41) is 13.8. The first-order chi connectivity index (χ1) is 9.81. The van der Waals surface area contributed by atoms with Crippen molar-refractivity contribution in [3.8, 4) is 0 Å². The summed E-state index contributed by atoms with van der Waals surface area (Å²) in [7, 11) is -0.967. The third-order valence-electron chi connectivity index (χ3n) is 2.86. The second-order valence-corrected chi connectivity index (χ2v) is 6.28. The third-order valence-corrected chi connectivity index (χ3v) is 4.23. The SMILES string of the molecule is CC(CCNC(=O)Nc1ccc(F)cc1C(=O)O)S(C)=O. The van der Waals surface area contributed by atoms with Gasteiger partial charge in [-0.2, -0.15) is 0 Å². The molecule has 0 aliphatic rings. The van der Waals surface area contributed by atoms with E-state index in [2.05, 4.69) is 10.6 Å². The number of carboxylic acids is 1. The Morgan fingerprint density at radius 1 is 1.43 bits per heavy atom. The van der Waals surface area contributed by atoms with Gasteiger partial charge >= 0.3 is 12.0 Å². The van der Waals surface area contributed by atoms with Crippen molar-refractivity contribution in [2.24, 2.45) is 0 Å². The first-order valence-electron chi connectivity index (χ1n) is 6.21. The first kappa shape index (κ1) is 17.1. The van der Waals surface area contributed by atoms with Crippen molar-refractivity contribution in [2.45, 2.75) is 18.6 Å². The first-order valence-corrected chi connectivity index (χ1v) is 7.83. The highest BCUT2D eigenvalue weighted by Gasteiger charge is 2.14. The summed E-state index contributed by atoms with van der Waals surface area (Å²) in [6, 6.07) is 2.48. The summed E-state index contributed by atoms with van der Waals surface area (Å²) >= 11 is 0. The van der Waals surface area contributed by atoms with E-state index in [0.717, 1.165) is 12.1 Å². The molecule has 3 N–H and O–H groups in total. The molecular formula is C13H17FN2O4S.